The number of nitrogens with one attached hydrogen (secondary N) is 5. The van der Waals surface area contributed by atoms with Gasteiger partial charge in [-0.15, -0.1) is 0 Å². The van der Waals surface area contributed by atoms with Crippen LogP contribution in [0.25, 0.3) is 0 Å². The summed E-state index contributed by atoms with van der Waals surface area (Å²) >= 11 is 1.86. The average Bonchev–Trinajstić information content (AvgIpc) is 3.39. The number of hydrogen-bond acceptors (Lipinski definition) is 6. The average molecular weight is 622 g/mol. The zero-order valence-corrected chi connectivity index (χ0v) is 28.0. The van der Waals surface area contributed by atoms with Gasteiger partial charge in [-0.1, -0.05) is 54.9 Å². The molecular weight excluding hydrogens is 566 g/mol. The molecule has 6 atom stereocenters. The maximum absolute atomic E-state index is 13.5. The fraction of sp³-hybridized carbons (Fsp3) is 0.844. The highest BCUT2D eigenvalue weighted by molar-refractivity contribution is 8.00. The zero-order chi connectivity index (χ0) is 31.9. The molecule has 5 amide bonds. The number of urea groups is 1. The largest absolute Gasteiger partial charge is 0.344 e. The van der Waals surface area contributed by atoms with Crippen LogP contribution >= 0.6 is 11.8 Å². The summed E-state index contributed by atoms with van der Waals surface area (Å²) in [4.78, 5) is 64.7. The number of thioether (sulfide) groups is 1. The predicted molar refractivity (Wildman–Crippen MR) is 170 cm³/mol. The van der Waals surface area contributed by atoms with E-state index in [-0.39, 0.29) is 64.8 Å². The number of ketones is 1. The van der Waals surface area contributed by atoms with Crippen molar-refractivity contribution in [3.8, 4) is 0 Å². The maximum Gasteiger partial charge on any atom is 0.315 e. The maximum atomic E-state index is 13.5. The van der Waals surface area contributed by atoms with E-state index >= 15 is 0 Å². The molecule has 1 saturated carbocycles. The quantitative estimate of drug-likeness (QED) is 0.117. The number of carbonyl (C=O) groups excluding carboxylic acids is 5. The van der Waals surface area contributed by atoms with Crippen molar-refractivity contribution in [3.05, 3.63) is 0 Å². The minimum atomic E-state index is -0.799. The van der Waals surface area contributed by atoms with Crippen LogP contribution in [0, 0.1) is 23.2 Å². The van der Waals surface area contributed by atoms with Gasteiger partial charge in [0.05, 0.1) is 18.1 Å². The molecule has 0 aromatic carbocycles. The Morgan fingerprint density at radius 2 is 1.35 bits per heavy atom. The Bertz CT molecular complexity index is 1010. The lowest BCUT2D eigenvalue weighted by Crippen LogP contribution is -2.56. The van der Waals surface area contributed by atoms with Crippen molar-refractivity contribution in [1.82, 2.24) is 26.6 Å². The lowest BCUT2D eigenvalue weighted by atomic mass is 9.90. The number of unbranched alkanes of at least 4 members (excludes halogenated alkanes) is 1. The molecule has 0 aromatic heterocycles. The van der Waals surface area contributed by atoms with Gasteiger partial charge in [0, 0.05) is 22.8 Å². The van der Waals surface area contributed by atoms with Crippen molar-refractivity contribution in [2.75, 3.05) is 5.75 Å². The van der Waals surface area contributed by atoms with Gasteiger partial charge in [-0.25, -0.2) is 4.79 Å². The Morgan fingerprint density at radius 1 is 0.814 bits per heavy atom. The molecule has 0 bridgehead atoms. The second-order valence-corrected chi connectivity index (χ2v) is 15.7. The molecule has 43 heavy (non-hydrogen) atoms. The highest BCUT2D eigenvalue weighted by Gasteiger charge is 2.48. The van der Waals surface area contributed by atoms with E-state index in [0.29, 0.717) is 37.4 Å². The van der Waals surface area contributed by atoms with Gasteiger partial charge in [0.15, 0.2) is 5.78 Å². The molecule has 1 unspecified atom stereocenters. The molecule has 3 aliphatic rings. The van der Waals surface area contributed by atoms with Gasteiger partial charge in [-0.2, -0.15) is 11.8 Å². The molecule has 0 aromatic rings. The number of carbonyl (C=O) groups is 5. The highest BCUT2D eigenvalue weighted by Crippen LogP contribution is 2.47. The first-order valence-corrected chi connectivity index (χ1v) is 17.4. The van der Waals surface area contributed by atoms with Crippen LogP contribution in [0.15, 0.2) is 0 Å². The summed E-state index contributed by atoms with van der Waals surface area (Å²) in [6, 6.07) is -1.89. The molecule has 2 aliphatic heterocycles. The van der Waals surface area contributed by atoms with Crippen molar-refractivity contribution in [2.45, 2.75) is 142 Å². The number of amides is 5. The van der Waals surface area contributed by atoms with Crippen LogP contribution in [0.5, 0.6) is 0 Å². The molecule has 2 saturated heterocycles. The summed E-state index contributed by atoms with van der Waals surface area (Å²) in [5.74, 6) is 0.602. The normalized spacial score (nSPS) is 24.1. The van der Waals surface area contributed by atoms with E-state index < -0.39 is 18.1 Å². The Labute approximate surface area is 262 Å². The molecule has 2 heterocycles. The SMILES string of the molecule is CC(C)C[C@H](NC(=O)CCCCC1SC[C@@H]2NC(=O)N[C@H]12)C(=O)N[C@@H](CC(C)C)C(=O)N[C@@H](CC(C)C)C(=O)C1(C)CC1. The first kappa shape index (κ1) is 35.2. The first-order valence-electron chi connectivity index (χ1n) is 16.3. The summed E-state index contributed by atoms with van der Waals surface area (Å²) < 4.78 is 0. The van der Waals surface area contributed by atoms with Crippen molar-refractivity contribution in [1.29, 1.82) is 0 Å². The molecule has 0 radical (unpaired) electrons. The molecule has 5 N–H and O–H groups in total. The molecule has 3 fully saturated rings. The van der Waals surface area contributed by atoms with Gasteiger partial charge in [0.2, 0.25) is 17.7 Å². The Hall–Kier alpha value is -2.30. The first-order chi connectivity index (χ1) is 20.2. The van der Waals surface area contributed by atoms with Crippen LogP contribution in [0.1, 0.15) is 106 Å². The summed E-state index contributed by atoms with van der Waals surface area (Å²) in [6.07, 6.45) is 5.91. The molecule has 10 nitrogen and oxygen atoms in total. The minimum Gasteiger partial charge on any atom is -0.344 e. The molecular formula is C32H55N5O5S. The van der Waals surface area contributed by atoms with Crippen molar-refractivity contribution in [2.24, 2.45) is 23.2 Å². The smallest absolute Gasteiger partial charge is 0.315 e. The van der Waals surface area contributed by atoms with E-state index in [4.69, 9.17) is 0 Å². The summed E-state index contributed by atoms with van der Waals surface area (Å²) in [5, 5.41) is 15.1. The fourth-order valence-corrected chi connectivity index (χ4v) is 7.59. The lowest BCUT2D eigenvalue weighted by Gasteiger charge is -2.28. The monoisotopic (exact) mass is 621 g/mol. The third-order valence-electron chi connectivity index (χ3n) is 8.71. The third-order valence-corrected chi connectivity index (χ3v) is 10.2. The van der Waals surface area contributed by atoms with Gasteiger partial charge < -0.3 is 26.6 Å². The van der Waals surface area contributed by atoms with Crippen LogP contribution in [-0.4, -0.2) is 70.7 Å². The summed E-state index contributed by atoms with van der Waals surface area (Å²) in [6.45, 7) is 14.0. The second kappa shape index (κ2) is 15.6. The highest BCUT2D eigenvalue weighted by atomic mass is 32.2. The number of Topliss-reactive ketones (excluding diaryl/α,β-unsaturated/α-hetero) is 1. The molecule has 244 valence electrons. The topological polar surface area (TPSA) is 146 Å². The van der Waals surface area contributed by atoms with Crippen LogP contribution in [0.4, 0.5) is 4.79 Å². The molecule has 1 aliphatic carbocycles. The zero-order valence-electron chi connectivity index (χ0n) is 27.2. The molecule has 0 spiro atoms. The summed E-state index contributed by atoms with van der Waals surface area (Å²) in [7, 11) is 0. The lowest BCUT2D eigenvalue weighted by molar-refractivity contribution is -0.135. The van der Waals surface area contributed by atoms with Crippen molar-refractivity contribution >= 4 is 41.3 Å². The van der Waals surface area contributed by atoms with E-state index in [2.05, 4.69) is 26.6 Å². The van der Waals surface area contributed by atoms with Gasteiger partial charge in [0.25, 0.3) is 0 Å². The van der Waals surface area contributed by atoms with Crippen LogP contribution in [-0.2, 0) is 19.2 Å². The summed E-state index contributed by atoms with van der Waals surface area (Å²) in [5.41, 5.74) is -0.363. The third kappa shape index (κ3) is 10.7. The van der Waals surface area contributed by atoms with Gasteiger partial charge in [0.1, 0.15) is 12.1 Å². The van der Waals surface area contributed by atoms with Crippen molar-refractivity contribution in [3.63, 3.8) is 0 Å². The van der Waals surface area contributed by atoms with Gasteiger partial charge in [-0.05, 0) is 62.7 Å². The number of hydrogen-bond donors (Lipinski definition) is 5. The number of rotatable bonds is 18. The van der Waals surface area contributed by atoms with Gasteiger partial charge in [-0.3, -0.25) is 19.2 Å². The van der Waals surface area contributed by atoms with Crippen LogP contribution < -0.4 is 26.6 Å². The minimum absolute atomic E-state index is 0.0742. The van der Waals surface area contributed by atoms with E-state index in [1.165, 1.54) is 0 Å². The van der Waals surface area contributed by atoms with E-state index in [9.17, 15) is 24.0 Å². The Kier molecular flexibility index (Phi) is 12.8. The molecule has 3 rings (SSSR count). The molecule has 11 heteroatoms. The standard InChI is InChI=1S/C32H55N5O5S/c1-18(2)14-21(28(39)32(7)12-13-32)34-30(41)23(16-20(5)6)35-29(40)22(15-19(3)4)33-26(38)11-9-8-10-25-27-24(17-43-25)36-31(42)37-27/h18-25,27H,8-17H2,1-7H3,(H,33,38)(H,34,41)(H,35,40)(H2,36,37,42)/t21-,22-,23-,24-,25?,27-/m0/s1. The van der Waals surface area contributed by atoms with Crippen LogP contribution in [0.3, 0.4) is 0 Å². The fourth-order valence-electron chi connectivity index (χ4n) is 6.05. The Morgan fingerprint density at radius 3 is 1.91 bits per heavy atom. The van der Waals surface area contributed by atoms with E-state index in [0.717, 1.165) is 31.4 Å². The van der Waals surface area contributed by atoms with Crippen LogP contribution in [0.2, 0.25) is 0 Å². The Balaban J connectivity index is 1.54. The van der Waals surface area contributed by atoms with Crippen molar-refractivity contribution < 1.29 is 24.0 Å². The second-order valence-electron chi connectivity index (χ2n) is 14.4. The number of fused-ring (bicyclic) bond motifs is 1. The predicted octanol–water partition coefficient (Wildman–Crippen LogP) is 3.67. The van der Waals surface area contributed by atoms with E-state index in [1.807, 2.05) is 60.2 Å². The van der Waals surface area contributed by atoms with Gasteiger partial charge >= 0.3 is 6.03 Å². The van der Waals surface area contributed by atoms with E-state index in [1.54, 1.807) is 0 Å².